The number of amides is 1. The van der Waals surface area contributed by atoms with Crippen LogP contribution in [0.4, 0.5) is 5.69 Å². The minimum Gasteiger partial charge on any atom is -0.508 e. The van der Waals surface area contributed by atoms with Crippen molar-refractivity contribution in [2.24, 2.45) is 0 Å². The summed E-state index contributed by atoms with van der Waals surface area (Å²) in [6.07, 6.45) is 5.57. The summed E-state index contributed by atoms with van der Waals surface area (Å²) < 4.78 is 1.85. The number of nitrogens with one attached hydrogen (secondary N) is 1. The van der Waals surface area contributed by atoms with Gasteiger partial charge in [0.1, 0.15) is 5.75 Å². The molecule has 0 spiro atoms. The van der Waals surface area contributed by atoms with Crippen molar-refractivity contribution >= 4 is 11.6 Å². The van der Waals surface area contributed by atoms with Crippen LogP contribution in [0.15, 0.2) is 36.9 Å². The molecule has 0 aliphatic rings. The standard InChI is InChI=1S/C13H15N3O2/c1-10-8-11(17)2-3-12(10)15-13(18)4-6-16-7-5-14-9-16/h2-3,5,7-9,17H,4,6H2,1H3,(H,15,18). The monoisotopic (exact) mass is 245 g/mol. The highest BCUT2D eigenvalue weighted by Gasteiger charge is 2.05. The van der Waals surface area contributed by atoms with Gasteiger partial charge in [0.25, 0.3) is 0 Å². The lowest BCUT2D eigenvalue weighted by Gasteiger charge is -2.08. The number of rotatable bonds is 4. The van der Waals surface area contributed by atoms with Gasteiger partial charge < -0.3 is 15.0 Å². The van der Waals surface area contributed by atoms with E-state index in [2.05, 4.69) is 10.3 Å². The molecule has 0 saturated heterocycles. The van der Waals surface area contributed by atoms with Gasteiger partial charge >= 0.3 is 0 Å². The van der Waals surface area contributed by atoms with E-state index in [0.717, 1.165) is 11.3 Å². The second kappa shape index (κ2) is 5.35. The number of imidazole rings is 1. The van der Waals surface area contributed by atoms with Gasteiger partial charge in [0.05, 0.1) is 6.33 Å². The van der Waals surface area contributed by atoms with Crippen LogP contribution in [0, 0.1) is 6.92 Å². The maximum atomic E-state index is 11.7. The number of nitrogens with zero attached hydrogens (tertiary/aromatic N) is 2. The quantitative estimate of drug-likeness (QED) is 0.809. The number of carbonyl (C=O) groups excluding carboxylic acids is 1. The summed E-state index contributed by atoms with van der Waals surface area (Å²) in [5, 5.41) is 12.1. The zero-order chi connectivity index (χ0) is 13.0. The average Bonchev–Trinajstić information content (AvgIpc) is 2.83. The lowest BCUT2D eigenvalue weighted by Crippen LogP contribution is -2.14. The van der Waals surface area contributed by atoms with Crippen LogP contribution < -0.4 is 5.32 Å². The highest BCUT2D eigenvalue weighted by Crippen LogP contribution is 2.20. The number of aryl methyl sites for hydroxylation is 2. The first kappa shape index (κ1) is 12.2. The second-order valence-electron chi connectivity index (χ2n) is 4.10. The molecule has 0 aliphatic heterocycles. The van der Waals surface area contributed by atoms with E-state index < -0.39 is 0 Å². The average molecular weight is 245 g/mol. The van der Waals surface area contributed by atoms with Crippen LogP contribution in [-0.2, 0) is 11.3 Å². The molecule has 0 atom stereocenters. The molecule has 1 aromatic heterocycles. The molecule has 2 rings (SSSR count). The number of aromatic nitrogens is 2. The van der Waals surface area contributed by atoms with Crippen molar-refractivity contribution in [2.75, 3.05) is 5.32 Å². The fourth-order valence-corrected chi connectivity index (χ4v) is 1.65. The summed E-state index contributed by atoms with van der Waals surface area (Å²) in [6, 6.07) is 4.86. The van der Waals surface area contributed by atoms with Crippen molar-refractivity contribution in [1.29, 1.82) is 0 Å². The van der Waals surface area contributed by atoms with E-state index in [1.807, 2.05) is 17.7 Å². The molecule has 18 heavy (non-hydrogen) atoms. The van der Waals surface area contributed by atoms with Gasteiger partial charge in [-0.1, -0.05) is 0 Å². The van der Waals surface area contributed by atoms with E-state index in [0.29, 0.717) is 13.0 Å². The molecule has 2 N–H and O–H groups in total. The van der Waals surface area contributed by atoms with Crippen molar-refractivity contribution in [3.8, 4) is 5.75 Å². The molecule has 1 amide bonds. The topological polar surface area (TPSA) is 67.2 Å². The molecule has 0 radical (unpaired) electrons. The molecule has 1 aromatic carbocycles. The smallest absolute Gasteiger partial charge is 0.226 e. The first-order valence-electron chi connectivity index (χ1n) is 5.70. The summed E-state index contributed by atoms with van der Waals surface area (Å²) in [7, 11) is 0. The maximum absolute atomic E-state index is 11.7. The Morgan fingerprint density at radius 3 is 3.00 bits per heavy atom. The van der Waals surface area contributed by atoms with Crippen LogP contribution in [0.2, 0.25) is 0 Å². The van der Waals surface area contributed by atoms with Crippen LogP contribution in [0.3, 0.4) is 0 Å². The Hall–Kier alpha value is -2.30. The van der Waals surface area contributed by atoms with E-state index in [4.69, 9.17) is 0 Å². The van der Waals surface area contributed by atoms with Gasteiger partial charge in [0, 0.05) is 31.0 Å². The number of anilines is 1. The Balaban J connectivity index is 1.91. The van der Waals surface area contributed by atoms with Crippen LogP contribution in [0.5, 0.6) is 5.75 Å². The summed E-state index contributed by atoms with van der Waals surface area (Å²) in [6.45, 7) is 2.44. The fourth-order valence-electron chi connectivity index (χ4n) is 1.65. The number of hydrogen-bond donors (Lipinski definition) is 2. The lowest BCUT2D eigenvalue weighted by molar-refractivity contribution is -0.116. The summed E-state index contributed by atoms with van der Waals surface area (Å²) in [4.78, 5) is 15.6. The van der Waals surface area contributed by atoms with E-state index in [-0.39, 0.29) is 11.7 Å². The number of phenols is 1. The third-order valence-corrected chi connectivity index (χ3v) is 2.64. The number of benzene rings is 1. The molecule has 0 fully saturated rings. The van der Waals surface area contributed by atoms with E-state index in [1.54, 1.807) is 30.7 Å². The van der Waals surface area contributed by atoms with Crippen molar-refractivity contribution in [2.45, 2.75) is 19.9 Å². The Morgan fingerprint density at radius 2 is 2.33 bits per heavy atom. The second-order valence-corrected chi connectivity index (χ2v) is 4.10. The minimum absolute atomic E-state index is 0.0579. The van der Waals surface area contributed by atoms with Crippen LogP contribution in [-0.4, -0.2) is 20.6 Å². The molecule has 0 unspecified atom stereocenters. The third kappa shape index (κ3) is 3.10. The fraction of sp³-hybridized carbons (Fsp3) is 0.231. The third-order valence-electron chi connectivity index (χ3n) is 2.64. The number of hydrogen-bond acceptors (Lipinski definition) is 3. The first-order chi connectivity index (χ1) is 8.65. The molecule has 94 valence electrons. The van der Waals surface area contributed by atoms with Gasteiger partial charge in [-0.05, 0) is 30.7 Å². The minimum atomic E-state index is -0.0579. The normalized spacial score (nSPS) is 10.3. The van der Waals surface area contributed by atoms with Gasteiger partial charge in [-0.3, -0.25) is 4.79 Å². The Bertz CT molecular complexity index is 535. The molecule has 0 saturated carbocycles. The molecule has 5 heteroatoms. The van der Waals surface area contributed by atoms with Gasteiger partial charge in [-0.25, -0.2) is 4.98 Å². The maximum Gasteiger partial charge on any atom is 0.226 e. The van der Waals surface area contributed by atoms with Gasteiger partial charge in [0.2, 0.25) is 5.91 Å². The van der Waals surface area contributed by atoms with Gasteiger partial charge in [0.15, 0.2) is 0 Å². The van der Waals surface area contributed by atoms with Crippen molar-refractivity contribution in [3.05, 3.63) is 42.5 Å². The Kier molecular flexibility index (Phi) is 3.62. The highest BCUT2D eigenvalue weighted by atomic mass is 16.3. The molecule has 1 heterocycles. The summed E-state index contributed by atoms with van der Waals surface area (Å²) in [5.74, 6) is 0.140. The van der Waals surface area contributed by atoms with E-state index in [9.17, 15) is 9.90 Å². The van der Waals surface area contributed by atoms with Gasteiger partial charge in [-0.15, -0.1) is 0 Å². The molecular weight excluding hydrogens is 230 g/mol. The SMILES string of the molecule is Cc1cc(O)ccc1NC(=O)CCn1ccnc1. The predicted molar refractivity (Wildman–Crippen MR) is 68.3 cm³/mol. The zero-order valence-electron chi connectivity index (χ0n) is 10.1. The molecule has 2 aromatic rings. The van der Waals surface area contributed by atoms with E-state index >= 15 is 0 Å². The Morgan fingerprint density at radius 1 is 1.50 bits per heavy atom. The van der Waals surface area contributed by atoms with Gasteiger partial charge in [-0.2, -0.15) is 0 Å². The van der Waals surface area contributed by atoms with Crippen molar-refractivity contribution in [1.82, 2.24) is 9.55 Å². The van der Waals surface area contributed by atoms with Crippen LogP contribution >= 0.6 is 0 Å². The van der Waals surface area contributed by atoms with Crippen molar-refractivity contribution < 1.29 is 9.90 Å². The highest BCUT2D eigenvalue weighted by molar-refractivity contribution is 5.91. The molecule has 0 aliphatic carbocycles. The number of phenolic OH excluding ortho intramolecular Hbond substituents is 1. The molecular formula is C13H15N3O2. The Labute approximate surface area is 105 Å². The molecule has 0 bridgehead atoms. The van der Waals surface area contributed by atoms with E-state index in [1.165, 1.54) is 0 Å². The van der Waals surface area contributed by atoms with Crippen molar-refractivity contribution in [3.63, 3.8) is 0 Å². The number of carbonyl (C=O) groups is 1. The van der Waals surface area contributed by atoms with Crippen LogP contribution in [0.25, 0.3) is 0 Å². The largest absolute Gasteiger partial charge is 0.508 e. The zero-order valence-corrected chi connectivity index (χ0v) is 10.1. The summed E-state index contributed by atoms with van der Waals surface area (Å²) >= 11 is 0. The summed E-state index contributed by atoms with van der Waals surface area (Å²) in [5.41, 5.74) is 1.56. The van der Waals surface area contributed by atoms with Crippen LogP contribution in [0.1, 0.15) is 12.0 Å². The first-order valence-corrected chi connectivity index (χ1v) is 5.70. The predicted octanol–water partition coefficient (Wildman–Crippen LogP) is 1.93. The number of aromatic hydroxyl groups is 1. The molecule has 5 nitrogen and oxygen atoms in total. The lowest BCUT2D eigenvalue weighted by atomic mass is 10.2.